The minimum atomic E-state index is 0.561. The first-order valence-electron chi connectivity index (χ1n) is 8.02. The molecule has 0 radical (unpaired) electrons. The average molecular weight is 254 g/mol. The third kappa shape index (κ3) is 4.89. The van der Waals surface area contributed by atoms with Crippen LogP contribution in [0.1, 0.15) is 65.7 Å². The molecule has 0 unspecified atom stereocenters. The summed E-state index contributed by atoms with van der Waals surface area (Å²) in [7, 11) is 2.11. The fourth-order valence-electron chi connectivity index (χ4n) is 3.41. The summed E-state index contributed by atoms with van der Waals surface area (Å²) >= 11 is 0. The van der Waals surface area contributed by atoms with Crippen LogP contribution in [0, 0.1) is 5.41 Å². The lowest BCUT2D eigenvalue weighted by Gasteiger charge is -2.37. The lowest BCUT2D eigenvalue weighted by Crippen LogP contribution is -2.45. The second kappa shape index (κ2) is 8.16. The third-order valence-electron chi connectivity index (χ3n) is 4.53. The van der Waals surface area contributed by atoms with Gasteiger partial charge in [-0.1, -0.05) is 32.6 Å². The van der Waals surface area contributed by atoms with Crippen LogP contribution in [0.4, 0.5) is 0 Å². The van der Waals surface area contributed by atoms with E-state index in [0.717, 1.165) is 0 Å². The molecule has 1 aliphatic rings. The molecule has 0 amide bonds. The van der Waals surface area contributed by atoms with Crippen molar-refractivity contribution in [3.63, 3.8) is 0 Å². The van der Waals surface area contributed by atoms with Crippen LogP contribution < -0.4 is 5.32 Å². The van der Waals surface area contributed by atoms with E-state index in [1.165, 1.54) is 64.6 Å². The Balaban J connectivity index is 2.51. The van der Waals surface area contributed by atoms with Crippen molar-refractivity contribution in [2.24, 2.45) is 5.41 Å². The van der Waals surface area contributed by atoms with Gasteiger partial charge in [0.15, 0.2) is 0 Å². The van der Waals surface area contributed by atoms with Crippen molar-refractivity contribution < 1.29 is 0 Å². The Hall–Kier alpha value is -0.0800. The second-order valence-electron chi connectivity index (χ2n) is 6.51. The highest BCUT2D eigenvalue weighted by atomic mass is 15.2. The van der Waals surface area contributed by atoms with Gasteiger partial charge < -0.3 is 10.2 Å². The molecule has 0 bridgehead atoms. The predicted octanol–water partition coefficient (Wildman–Crippen LogP) is 3.67. The van der Waals surface area contributed by atoms with Gasteiger partial charge in [-0.05, 0) is 52.1 Å². The molecule has 0 aromatic rings. The summed E-state index contributed by atoms with van der Waals surface area (Å²) < 4.78 is 0. The first-order valence-corrected chi connectivity index (χ1v) is 8.02. The van der Waals surface area contributed by atoms with E-state index in [-0.39, 0.29) is 0 Å². The van der Waals surface area contributed by atoms with Crippen LogP contribution in [-0.4, -0.2) is 37.6 Å². The number of rotatable bonds is 9. The molecule has 1 aliphatic carbocycles. The van der Waals surface area contributed by atoms with Gasteiger partial charge in [0.05, 0.1) is 0 Å². The van der Waals surface area contributed by atoms with Crippen LogP contribution in [0.3, 0.4) is 0 Å². The Morgan fingerprint density at radius 1 is 1.17 bits per heavy atom. The molecule has 2 heteroatoms. The van der Waals surface area contributed by atoms with Crippen molar-refractivity contribution in [1.29, 1.82) is 0 Å². The summed E-state index contributed by atoms with van der Waals surface area (Å²) in [5.74, 6) is 0. The number of nitrogens with zero attached hydrogens (tertiary/aromatic N) is 1. The molecule has 18 heavy (non-hydrogen) atoms. The Kier molecular flexibility index (Phi) is 7.25. The Labute approximate surface area is 115 Å². The maximum atomic E-state index is 3.44. The molecule has 0 aromatic heterocycles. The van der Waals surface area contributed by atoms with Gasteiger partial charge >= 0.3 is 0 Å². The predicted molar refractivity (Wildman–Crippen MR) is 81.1 cm³/mol. The monoisotopic (exact) mass is 254 g/mol. The van der Waals surface area contributed by atoms with Crippen LogP contribution in [0.15, 0.2) is 0 Å². The van der Waals surface area contributed by atoms with Crippen LogP contribution in [-0.2, 0) is 0 Å². The fourth-order valence-corrected chi connectivity index (χ4v) is 3.41. The van der Waals surface area contributed by atoms with Crippen molar-refractivity contribution in [2.45, 2.75) is 71.8 Å². The zero-order valence-electron chi connectivity index (χ0n) is 13.1. The smallest absolute Gasteiger partial charge is 0.00528 e. The minimum absolute atomic E-state index is 0.561. The molecule has 0 heterocycles. The third-order valence-corrected chi connectivity index (χ3v) is 4.53. The van der Waals surface area contributed by atoms with Crippen molar-refractivity contribution in [3.05, 3.63) is 0 Å². The van der Waals surface area contributed by atoms with Crippen LogP contribution in [0.2, 0.25) is 0 Å². The van der Waals surface area contributed by atoms with E-state index in [4.69, 9.17) is 0 Å². The highest BCUT2D eigenvalue weighted by molar-refractivity contribution is 4.89. The van der Waals surface area contributed by atoms with Crippen LogP contribution in [0.5, 0.6) is 0 Å². The maximum Gasteiger partial charge on any atom is 0.00528 e. The molecule has 0 aliphatic heterocycles. The van der Waals surface area contributed by atoms with E-state index in [0.29, 0.717) is 11.5 Å². The Bertz CT molecular complexity index is 207. The lowest BCUT2D eigenvalue weighted by molar-refractivity contribution is 0.121. The highest BCUT2D eigenvalue weighted by Crippen LogP contribution is 2.38. The second-order valence-corrected chi connectivity index (χ2v) is 6.51. The highest BCUT2D eigenvalue weighted by Gasteiger charge is 2.35. The number of nitrogens with one attached hydrogen (secondary N) is 1. The number of unbranched alkanes of at least 4 members (excludes halogenated alkanes) is 2. The van der Waals surface area contributed by atoms with Crippen molar-refractivity contribution in [3.8, 4) is 0 Å². The molecule has 0 atom stereocenters. The minimum Gasteiger partial charge on any atom is -0.319 e. The molecule has 2 nitrogen and oxygen atoms in total. The quantitative estimate of drug-likeness (QED) is 0.632. The largest absolute Gasteiger partial charge is 0.319 e. The summed E-state index contributed by atoms with van der Waals surface area (Å²) in [6.07, 6.45) is 9.78. The molecule has 0 aromatic carbocycles. The van der Waals surface area contributed by atoms with Gasteiger partial charge in [0.2, 0.25) is 0 Å². The molecule has 108 valence electrons. The molecule has 1 fully saturated rings. The molecular formula is C16H34N2. The number of hydrogen-bond acceptors (Lipinski definition) is 2. The van der Waals surface area contributed by atoms with Gasteiger partial charge in [-0.3, -0.25) is 0 Å². The molecule has 0 spiro atoms. The standard InChI is InChI=1S/C16H34N2/c1-5-6-9-12-18(15(2)3)14-16(13-17-4)10-7-8-11-16/h15,17H,5-14H2,1-4H3. The summed E-state index contributed by atoms with van der Waals surface area (Å²) in [6.45, 7) is 10.8. The normalized spacial score (nSPS) is 19.0. The summed E-state index contributed by atoms with van der Waals surface area (Å²) in [5, 5.41) is 3.44. The molecule has 1 saturated carbocycles. The van der Waals surface area contributed by atoms with Crippen LogP contribution >= 0.6 is 0 Å². The van der Waals surface area contributed by atoms with Gasteiger partial charge in [-0.15, -0.1) is 0 Å². The van der Waals surface area contributed by atoms with Crippen molar-refractivity contribution in [2.75, 3.05) is 26.7 Å². The van der Waals surface area contributed by atoms with E-state index in [1.54, 1.807) is 0 Å². The molecule has 1 N–H and O–H groups in total. The SMILES string of the molecule is CCCCCN(CC1(CNC)CCCC1)C(C)C. The summed E-state index contributed by atoms with van der Waals surface area (Å²) in [4.78, 5) is 2.72. The first-order chi connectivity index (χ1) is 8.63. The van der Waals surface area contributed by atoms with E-state index in [1.807, 2.05) is 0 Å². The zero-order valence-corrected chi connectivity index (χ0v) is 13.1. The Morgan fingerprint density at radius 2 is 1.83 bits per heavy atom. The van der Waals surface area contributed by atoms with Crippen molar-refractivity contribution in [1.82, 2.24) is 10.2 Å². The zero-order chi connectivity index (χ0) is 13.4. The van der Waals surface area contributed by atoms with Gasteiger partial charge in [0, 0.05) is 19.1 Å². The van der Waals surface area contributed by atoms with E-state index >= 15 is 0 Å². The fraction of sp³-hybridized carbons (Fsp3) is 1.00. The summed E-state index contributed by atoms with van der Waals surface area (Å²) in [5.41, 5.74) is 0.561. The van der Waals surface area contributed by atoms with E-state index in [9.17, 15) is 0 Å². The first kappa shape index (κ1) is 16.0. The molecule has 0 saturated heterocycles. The van der Waals surface area contributed by atoms with Crippen molar-refractivity contribution >= 4 is 0 Å². The van der Waals surface area contributed by atoms with Gasteiger partial charge in [-0.25, -0.2) is 0 Å². The van der Waals surface area contributed by atoms with E-state index < -0.39 is 0 Å². The number of hydrogen-bond donors (Lipinski definition) is 1. The topological polar surface area (TPSA) is 15.3 Å². The van der Waals surface area contributed by atoms with E-state index in [2.05, 4.69) is 38.0 Å². The lowest BCUT2D eigenvalue weighted by atomic mass is 9.85. The van der Waals surface area contributed by atoms with Crippen LogP contribution in [0.25, 0.3) is 0 Å². The average Bonchev–Trinajstić information content (AvgIpc) is 2.77. The van der Waals surface area contributed by atoms with Gasteiger partial charge in [-0.2, -0.15) is 0 Å². The molecule has 1 rings (SSSR count). The molecular weight excluding hydrogens is 220 g/mol. The maximum absolute atomic E-state index is 3.44. The summed E-state index contributed by atoms with van der Waals surface area (Å²) in [6, 6.07) is 0.691. The van der Waals surface area contributed by atoms with Gasteiger partial charge in [0.1, 0.15) is 0 Å². The van der Waals surface area contributed by atoms with Gasteiger partial charge in [0.25, 0.3) is 0 Å². The Morgan fingerprint density at radius 3 is 2.33 bits per heavy atom.